The van der Waals surface area contributed by atoms with E-state index < -0.39 is 16.9 Å². The number of nitro groups is 1. The minimum atomic E-state index is -0.733. The third-order valence-corrected chi connectivity index (χ3v) is 7.03. The summed E-state index contributed by atoms with van der Waals surface area (Å²) in [4.78, 5) is 46.7. The molecule has 10 heteroatoms. The molecule has 0 spiro atoms. The number of aliphatic imine (C=N–C) groups is 2. The highest BCUT2D eigenvalue weighted by molar-refractivity contribution is 8.13. The van der Waals surface area contributed by atoms with Crippen LogP contribution in [0.5, 0.6) is 0 Å². The lowest BCUT2D eigenvalue weighted by Gasteiger charge is -2.28. The van der Waals surface area contributed by atoms with E-state index in [1.165, 1.54) is 41.9 Å². The number of hydrogen-bond acceptors (Lipinski definition) is 7. The molecule has 3 aliphatic rings. The van der Waals surface area contributed by atoms with Gasteiger partial charge in [-0.25, -0.2) is 9.79 Å². The molecule has 0 saturated heterocycles. The van der Waals surface area contributed by atoms with E-state index in [1.54, 1.807) is 13.1 Å². The molecule has 2 aliphatic heterocycles. The Balaban J connectivity index is 1.68. The Kier molecular flexibility index (Phi) is 5.99. The summed E-state index contributed by atoms with van der Waals surface area (Å²) in [6.07, 6.45) is 5.42. The molecule has 1 atom stereocenters. The lowest BCUT2D eigenvalue weighted by molar-refractivity contribution is -0.407. The van der Waals surface area contributed by atoms with Crippen molar-refractivity contribution in [3.8, 4) is 0 Å². The fourth-order valence-corrected chi connectivity index (χ4v) is 5.19. The van der Waals surface area contributed by atoms with Gasteiger partial charge in [0.1, 0.15) is 5.04 Å². The SMILES string of the molecule is CN1C(=O)C2C(SCc3cccc([N+](=O)[O-])c3)=NC(C3CCCCC3)=NC2=[N+](C)C1=O. The Hall–Kier alpha value is -2.88. The molecule has 1 aromatic rings. The minimum absolute atomic E-state index is 0.0270. The Morgan fingerprint density at radius 2 is 1.97 bits per heavy atom. The van der Waals surface area contributed by atoms with Crippen LogP contribution in [0.2, 0.25) is 0 Å². The highest BCUT2D eigenvalue weighted by Crippen LogP contribution is 2.32. The molecule has 1 saturated carbocycles. The molecular weight excluding hydrogens is 418 g/mol. The maximum atomic E-state index is 13.0. The normalized spacial score (nSPS) is 22.3. The van der Waals surface area contributed by atoms with Crippen molar-refractivity contribution < 1.29 is 19.1 Å². The van der Waals surface area contributed by atoms with Gasteiger partial charge >= 0.3 is 11.9 Å². The van der Waals surface area contributed by atoms with Crippen molar-refractivity contribution in [1.29, 1.82) is 0 Å². The number of carbonyl (C=O) groups excluding carboxylic acids is 2. The number of thioether (sulfide) groups is 1. The van der Waals surface area contributed by atoms with Crippen LogP contribution in [0.1, 0.15) is 37.7 Å². The van der Waals surface area contributed by atoms with Crippen LogP contribution in [-0.4, -0.2) is 57.1 Å². The lowest BCUT2D eigenvalue weighted by atomic mass is 9.88. The largest absolute Gasteiger partial charge is 0.445 e. The van der Waals surface area contributed by atoms with E-state index in [9.17, 15) is 19.7 Å². The molecule has 2 heterocycles. The van der Waals surface area contributed by atoms with Crippen LogP contribution in [0.15, 0.2) is 34.3 Å². The molecule has 0 N–H and O–H groups in total. The number of hydrogen-bond donors (Lipinski definition) is 0. The van der Waals surface area contributed by atoms with E-state index >= 15 is 0 Å². The molecule has 0 radical (unpaired) electrons. The monoisotopic (exact) mass is 442 g/mol. The standard InChI is InChI=1S/C21H24N5O4S/c1-24-18-16(20(27)25(2)21(24)28)19(23-17(22-18)14-8-4-3-5-9-14)31-12-13-7-6-10-15(11-13)26(29)30/h6-7,10-11,14,16H,3-5,8-9,12H2,1-2H3/q+1. The van der Waals surface area contributed by atoms with Gasteiger partial charge in [-0.15, -0.1) is 11.8 Å². The topological polar surface area (TPSA) is 108 Å². The van der Waals surface area contributed by atoms with Gasteiger partial charge in [-0.05, 0) is 18.4 Å². The molecule has 1 fully saturated rings. The molecule has 0 aromatic heterocycles. The fourth-order valence-electron chi connectivity index (χ4n) is 4.17. The molecule has 4 rings (SSSR count). The molecule has 9 nitrogen and oxygen atoms in total. The van der Waals surface area contributed by atoms with Crippen molar-refractivity contribution >= 4 is 46.1 Å². The summed E-state index contributed by atoms with van der Waals surface area (Å²) in [5.41, 5.74) is 0.797. The number of urea groups is 1. The van der Waals surface area contributed by atoms with Gasteiger partial charge in [0.05, 0.1) is 19.0 Å². The molecule has 1 unspecified atom stereocenters. The van der Waals surface area contributed by atoms with Gasteiger partial charge in [0.15, 0.2) is 5.92 Å². The first-order valence-corrected chi connectivity index (χ1v) is 11.3. The van der Waals surface area contributed by atoms with Gasteiger partial charge in [-0.3, -0.25) is 14.9 Å². The molecule has 31 heavy (non-hydrogen) atoms. The van der Waals surface area contributed by atoms with E-state index in [0.29, 0.717) is 22.5 Å². The summed E-state index contributed by atoms with van der Waals surface area (Å²) in [5, 5.41) is 11.7. The van der Waals surface area contributed by atoms with Crippen LogP contribution < -0.4 is 0 Å². The summed E-state index contributed by atoms with van der Waals surface area (Å²) in [6, 6.07) is 6.03. The maximum Gasteiger partial charge on any atom is 0.445 e. The zero-order chi connectivity index (χ0) is 22.1. The number of benzene rings is 1. The van der Waals surface area contributed by atoms with Gasteiger partial charge in [-0.1, -0.05) is 36.4 Å². The van der Waals surface area contributed by atoms with Crippen molar-refractivity contribution in [3.05, 3.63) is 39.9 Å². The quantitative estimate of drug-likeness (QED) is 0.403. The number of rotatable bonds is 4. The van der Waals surface area contributed by atoms with Crippen LogP contribution >= 0.6 is 11.8 Å². The number of fused-ring (bicyclic) bond motifs is 1. The molecule has 1 aromatic carbocycles. The zero-order valence-electron chi connectivity index (χ0n) is 17.5. The predicted molar refractivity (Wildman–Crippen MR) is 119 cm³/mol. The lowest BCUT2D eigenvalue weighted by Crippen LogP contribution is -2.55. The van der Waals surface area contributed by atoms with Crippen molar-refractivity contribution in [3.63, 3.8) is 0 Å². The summed E-state index contributed by atoms with van der Waals surface area (Å²) in [6.45, 7) is 0. The van der Waals surface area contributed by atoms with E-state index in [1.807, 2.05) is 6.07 Å². The average molecular weight is 443 g/mol. The summed E-state index contributed by atoms with van der Waals surface area (Å²) < 4.78 is 1.43. The number of nitrogens with zero attached hydrogens (tertiary/aromatic N) is 5. The molecular formula is C21H24N5O4S+. The van der Waals surface area contributed by atoms with E-state index in [0.717, 1.165) is 36.1 Å². The first kappa shape index (κ1) is 21.4. The van der Waals surface area contributed by atoms with Crippen molar-refractivity contribution in [2.45, 2.75) is 37.9 Å². The van der Waals surface area contributed by atoms with E-state index in [2.05, 4.69) is 4.99 Å². The molecule has 1 aliphatic carbocycles. The zero-order valence-corrected chi connectivity index (χ0v) is 18.3. The number of amides is 3. The van der Waals surface area contributed by atoms with Gasteiger partial charge in [-0.2, -0.15) is 9.48 Å². The number of nitro benzene ring substituents is 1. The second kappa shape index (κ2) is 8.70. The van der Waals surface area contributed by atoms with Gasteiger partial charge in [0.25, 0.3) is 11.5 Å². The minimum Gasteiger partial charge on any atom is -0.258 e. The third kappa shape index (κ3) is 4.16. The summed E-state index contributed by atoms with van der Waals surface area (Å²) in [5.74, 6) is 0.666. The first-order chi connectivity index (χ1) is 14.9. The van der Waals surface area contributed by atoms with Gasteiger partial charge in [0.2, 0.25) is 5.84 Å². The highest BCUT2D eigenvalue weighted by Gasteiger charge is 2.49. The van der Waals surface area contributed by atoms with Crippen molar-refractivity contribution in [2.75, 3.05) is 14.1 Å². The van der Waals surface area contributed by atoms with Crippen LogP contribution in [-0.2, 0) is 10.5 Å². The van der Waals surface area contributed by atoms with Crippen LogP contribution in [0.3, 0.4) is 0 Å². The smallest absolute Gasteiger partial charge is 0.258 e. The number of carbonyl (C=O) groups is 2. The number of imide groups is 1. The first-order valence-electron chi connectivity index (χ1n) is 10.3. The number of non-ortho nitro benzene ring substituents is 1. The molecule has 3 amide bonds. The van der Waals surface area contributed by atoms with Crippen LogP contribution in [0, 0.1) is 22.0 Å². The van der Waals surface area contributed by atoms with Gasteiger partial charge in [0, 0.05) is 23.8 Å². The van der Waals surface area contributed by atoms with Gasteiger partial charge < -0.3 is 0 Å². The van der Waals surface area contributed by atoms with Crippen LogP contribution in [0.4, 0.5) is 10.5 Å². The summed E-state index contributed by atoms with van der Waals surface area (Å²) >= 11 is 1.37. The average Bonchev–Trinajstić information content (AvgIpc) is 2.80. The number of amidine groups is 2. The van der Waals surface area contributed by atoms with Crippen molar-refractivity contribution in [1.82, 2.24) is 4.90 Å². The molecule has 162 valence electrons. The second-order valence-electron chi connectivity index (χ2n) is 8.00. The van der Waals surface area contributed by atoms with E-state index in [4.69, 9.17) is 4.99 Å². The molecule has 0 bridgehead atoms. The Labute approximate surface area is 184 Å². The third-order valence-electron chi connectivity index (χ3n) is 5.93. The Bertz CT molecular complexity index is 1040. The van der Waals surface area contributed by atoms with Crippen LogP contribution in [0.25, 0.3) is 0 Å². The second-order valence-corrected chi connectivity index (χ2v) is 9.00. The fraction of sp³-hybridized carbons (Fsp3) is 0.476. The Morgan fingerprint density at radius 3 is 2.68 bits per heavy atom. The maximum absolute atomic E-state index is 13.0. The van der Waals surface area contributed by atoms with E-state index in [-0.39, 0.29) is 17.5 Å². The predicted octanol–water partition coefficient (Wildman–Crippen LogP) is 3.47. The Morgan fingerprint density at radius 1 is 1.23 bits per heavy atom. The van der Waals surface area contributed by atoms with Crippen molar-refractivity contribution in [2.24, 2.45) is 21.8 Å². The highest BCUT2D eigenvalue weighted by atomic mass is 32.2. The summed E-state index contributed by atoms with van der Waals surface area (Å²) in [7, 11) is 3.09.